The zero-order chi connectivity index (χ0) is 15.9. The molecule has 4 N–H and O–H groups in total. The standard InChI is InChI=1S/C15H30N2O4/c1-2-3-4-5-6-9-12-21-15(20)17-11-8-7-10-13(16)14(18)19/h13H,2-12,16H2,1H3,(H,17,20)(H,18,19)/t13-/m1/s1. The number of hydrogen-bond acceptors (Lipinski definition) is 4. The van der Waals surface area contributed by atoms with Gasteiger partial charge in [-0.25, -0.2) is 4.79 Å². The predicted molar refractivity (Wildman–Crippen MR) is 82.2 cm³/mol. The summed E-state index contributed by atoms with van der Waals surface area (Å²) >= 11 is 0. The van der Waals surface area contributed by atoms with Gasteiger partial charge in [-0.05, 0) is 25.7 Å². The number of hydrogen-bond donors (Lipinski definition) is 3. The predicted octanol–water partition coefficient (Wildman–Crippen LogP) is 2.66. The van der Waals surface area contributed by atoms with Crippen molar-refractivity contribution in [1.29, 1.82) is 0 Å². The van der Waals surface area contributed by atoms with Crippen molar-refractivity contribution in [1.82, 2.24) is 5.32 Å². The van der Waals surface area contributed by atoms with E-state index in [1.165, 1.54) is 25.7 Å². The molecule has 21 heavy (non-hydrogen) atoms. The van der Waals surface area contributed by atoms with Crippen LogP contribution in [0.5, 0.6) is 0 Å². The van der Waals surface area contributed by atoms with E-state index in [0.29, 0.717) is 32.4 Å². The number of carboxylic acid groups (broad SMARTS) is 1. The van der Waals surface area contributed by atoms with Crippen molar-refractivity contribution in [2.75, 3.05) is 13.2 Å². The van der Waals surface area contributed by atoms with Crippen LogP contribution in [-0.4, -0.2) is 36.4 Å². The van der Waals surface area contributed by atoms with E-state index in [-0.39, 0.29) is 0 Å². The topological polar surface area (TPSA) is 102 Å². The molecule has 1 amide bonds. The first-order valence-corrected chi connectivity index (χ1v) is 7.97. The van der Waals surface area contributed by atoms with Gasteiger partial charge in [-0.3, -0.25) is 4.79 Å². The monoisotopic (exact) mass is 302 g/mol. The highest BCUT2D eigenvalue weighted by Crippen LogP contribution is 2.05. The number of nitrogens with two attached hydrogens (primary N) is 1. The maximum atomic E-state index is 11.3. The van der Waals surface area contributed by atoms with Gasteiger partial charge in [0.15, 0.2) is 0 Å². The molecule has 0 aliphatic heterocycles. The lowest BCUT2D eigenvalue weighted by Crippen LogP contribution is -2.30. The average Bonchev–Trinajstić information content (AvgIpc) is 2.45. The minimum Gasteiger partial charge on any atom is -0.480 e. The van der Waals surface area contributed by atoms with Crippen molar-refractivity contribution in [2.45, 2.75) is 70.8 Å². The molecule has 0 saturated carbocycles. The van der Waals surface area contributed by atoms with E-state index in [0.717, 1.165) is 12.8 Å². The van der Waals surface area contributed by atoms with Gasteiger partial charge >= 0.3 is 12.1 Å². The SMILES string of the molecule is CCCCCCCCOC(=O)NCCCC[C@@H](N)C(=O)O. The van der Waals surface area contributed by atoms with Crippen LogP contribution in [0.15, 0.2) is 0 Å². The third-order valence-corrected chi connectivity index (χ3v) is 3.26. The molecule has 0 saturated heterocycles. The number of carboxylic acids is 1. The van der Waals surface area contributed by atoms with Crippen molar-refractivity contribution < 1.29 is 19.4 Å². The Labute approximate surface area is 127 Å². The van der Waals surface area contributed by atoms with Gasteiger partial charge in [-0.1, -0.05) is 39.0 Å². The van der Waals surface area contributed by atoms with E-state index in [1.54, 1.807) is 0 Å². The van der Waals surface area contributed by atoms with Crippen LogP contribution in [0.4, 0.5) is 4.79 Å². The van der Waals surface area contributed by atoms with Crippen LogP contribution in [0.25, 0.3) is 0 Å². The van der Waals surface area contributed by atoms with Crippen LogP contribution < -0.4 is 11.1 Å². The van der Waals surface area contributed by atoms with Gasteiger partial charge in [-0.2, -0.15) is 0 Å². The summed E-state index contributed by atoms with van der Waals surface area (Å²) < 4.78 is 5.05. The number of unbranched alkanes of at least 4 members (excludes halogenated alkanes) is 6. The van der Waals surface area contributed by atoms with Gasteiger partial charge < -0.3 is 20.9 Å². The molecule has 0 bridgehead atoms. The van der Waals surface area contributed by atoms with Crippen molar-refractivity contribution in [3.8, 4) is 0 Å². The third-order valence-electron chi connectivity index (χ3n) is 3.26. The number of nitrogens with one attached hydrogen (secondary N) is 1. The lowest BCUT2D eigenvalue weighted by atomic mass is 10.1. The maximum Gasteiger partial charge on any atom is 0.407 e. The van der Waals surface area contributed by atoms with E-state index in [2.05, 4.69) is 12.2 Å². The normalized spacial score (nSPS) is 11.9. The Morgan fingerprint density at radius 2 is 1.76 bits per heavy atom. The molecule has 6 nitrogen and oxygen atoms in total. The Balaban J connectivity index is 3.29. The number of carbonyl (C=O) groups is 2. The Bertz CT molecular complexity index is 285. The highest BCUT2D eigenvalue weighted by Gasteiger charge is 2.10. The summed E-state index contributed by atoms with van der Waals surface area (Å²) in [4.78, 5) is 21.8. The van der Waals surface area contributed by atoms with Gasteiger partial charge in [0.05, 0.1) is 6.61 Å². The largest absolute Gasteiger partial charge is 0.480 e. The van der Waals surface area contributed by atoms with Gasteiger partial charge in [0.1, 0.15) is 6.04 Å². The molecule has 0 radical (unpaired) electrons. The Kier molecular flexibility index (Phi) is 12.8. The van der Waals surface area contributed by atoms with E-state index < -0.39 is 18.1 Å². The molecule has 1 atom stereocenters. The van der Waals surface area contributed by atoms with Crippen LogP contribution in [0.1, 0.15) is 64.7 Å². The number of ether oxygens (including phenoxy) is 1. The molecular weight excluding hydrogens is 272 g/mol. The maximum absolute atomic E-state index is 11.3. The summed E-state index contributed by atoms with van der Waals surface area (Å²) in [6, 6.07) is -0.815. The minimum absolute atomic E-state index is 0.397. The van der Waals surface area contributed by atoms with E-state index >= 15 is 0 Å². The van der Waals surface area contributed by atoms with Crippen LogP contribution >= 0.6 is 0 Å². The Hall–Kier alpha value is -1.30. The van der Waals surface area contributed by atoms with Crippen LogP contribution in [0.3, 0.4) is 0 Å². The molecule has 0 spiro atoms. The molecule has 0 fully saturated rings. The van der Waals surface area contributed by atoms with Gasteiger partial charge in [0.2, 0.25) is 0 Å². The second kappa shape index (κ2) is 13.7. The van der Waals surface area contributed by atoms with Crippen molar-refractivity contribution >= 4 is 12.1 Å². The van der Waals surface area contributed by atoms with Crippen molar-refractivity contribution in [2.24, 2.45) is 5.73 Å². The lowest BCUT2D eigenvalue weighted by Gasteiger charge is -2.08. The first-order valence-electron chi connectivity index (χ1n) is 7.97. The number of aliphatic carboxylic acids is 1. The molecule has 0 aromatic rings. The fraction of sp³-hybridized carbons (Fsp3) is 0.867. The highest BCUT2D eigenvalue weighted by atomic mass is 16.5. The van der Waals surface area contributed by atoms with Gasteiger partial charge in [-0.15, -0.1) is 0 Å². The number of rotatable bonds is 13. The summed E-state index contributed by atoms with van der Waals surface area (Å²) in [6.07, 6.45) is 8.35. The number of alkyl carbamates (subject to hydrolysis) is 1. The van der Waals surface area contributed by atoms with E-state index in [1.807, 2.05) is 0 Å². The summed E-state index contributed by atoms with van der Waals surface area (Å²) in [7, 11) is 0. The summed E-state index contributed by atoms with van der Waals surface area (Å²) in [6.45, 7) is 3.13. The number of carbonyl (C=O) groups excluding carboxylic acids is 1. The summed E-state index contributed by atoms with van der Waals surface area (Å²) in [5.41, 5.74) is 5.37. The first-order chi connectivity index (χ1) is 10.1. The first kappa shape index (κ1) is 19.7. The van der Waals surface area contributed by atoms with Crippen LogP contribution in [0, 0.1) is 0 Å². The zero-order valence-electron chi connectivity index (χ0n) is 13.1. The van der Waals surface area contributed by atoms with Gasteiger partial charge in [0.25, 0.3) is 0 Å². The molecule has 0 rings (SSSR count). The molecule has 0 aromatic carbocycles. The smallest absolute Gasteiger partial charge is 0.407 e. The van der Waals surface area contributed by atoms with Crippen molar-refractivity contribution in [3.05, 3.63) is 0 Å². The Morgan fingerprint density at radius 1 is 1.10 bits per heavy atom. The fourth-order valence-corrected chi connectivity index (χ4v) is 1.90. The highest BCUT2D eigenvalue weighted by molar-refractivity contribution is 5.72. The zero-order valence-corrected chi connectivity index (χ0v) is 13.1. The van der Waals surface area contributed by atoms with Crippen LogP contribution in [-0.2, 0) is 9.53 Å². The third kappa shape index (κ3) is 13.4. The minimum atomic E-state index is -0.985. The Morgan fingerprint density at radius 3 is 2.43 bits per heavy atom. The molecule has 124 valence electrons. The van der Waals surface area contributed by atoms with E-state index in [4.69, 9.17) is 15.6 Å². The quantitative estimate of drug-likeness (QED) is 0.454. The van der Waals surface area contributed by atoms with Gasteiger partial charge in [0, 0.05) is 6.54 Å². The molecular formula is C15H30N2O4. The molecule has 0 aliphatic rings. The summed E-state index contributed by atoms with van der Waals surface area (Å²) in [5, 5.41) is 11.2. The second-order valence-electron chi connectivity index (χ2n) is 5.27. The molecule has 0 aliphatic carbocycles. The second-order valence-corrected chi connectivity index (χ2v) is 5.27. The number of amides is 1. The van der Waals surface area contributed by atoms with E-state index in [9.17, 15) is 9.59 Å². The molecule has 0 unspecified atom stereocenters. The average molecular weight is 302 g/mol. The molecule has 0 heterocycles. The lowest BCUT2D eigenvalue weighted by molar-refractivity contribution is -0.138. The summed E-state index contributed by atoms with van der Waals surface area (Å²) in [5.74, 6) is -0.985. The van der Waals surface area contributed by atoms with Crippen LogP contribution in [0.2, 0.25) is 0 Å². The molecule has 0 aromatic heterocycles. The fourth-order valence-electron chi connectivity index (χ4n) is 1.90. The molecule has 6 heteroatoms. The van der Waals surface area contributed by atoms with Crippen molar-refractivity contribution in [3.63, 3.8) is 0 Å².